The van der Waals surface area contributed by atoms with Crippen LogP contribution in [0, 0.1) is 19.8 Å². The molecular weight excluding hydrogens is 234 g/mol. The molecule has 0 heterocycles. The van der Waals surface area contributed by atoms with Gasteiger partial charge in [-0.3, -0.25) is 0 Å². The Morgan fingerprint density at radius 2 is 1.84 bits per heavy atom. The van der Waals surface area contributed by atoms with Crippen molar-refractivity contribution in [3.8, 4) is 0 Å². The van der Waals surface area contributed by atoms with E-state index in [0.717, 1.165) is 25.2 Å². The number of aryl methyl sites for hydroxylation is 2. The second kappa shape index (κ2) is 7.66. The first-order valence-corrected chi connectivity index (χ1v) is 7.45. The maximum Gasteiger partial charge on any atom is 0.0919 e. The van der Waals surface area contributed by atoms with Gasteiger partial charge in [-0.15, -0.1) is 0 Å². The van der Waals surface area contributed by atoms with Crippen LogP contribution in [0.4, 0.5) is 0 Å². The monoisotopic (exact) mass is 263 g/mol. The zero-order valence-electron chi connectivity index (χ0n) is 13.1. The lowest BCUT2D eigenvalue weighted by molar-refractivity contribution is 0.107. The normalized spacial score (nSPS) is 14.7. The Labute approximate surface area is 118 Å². The number of aliphatic hydroxyl groups is 1. The van der Waals surface area contributed by atoms with Gasteiger partial charge in [-0.25, -0.2) is 0 Å². The van der Waals surface area contributed by atoms with Gasteiger partial charge in [0.05, 0.1) is 6.10 Å². The number of hydrogen-bond donors (Lipinski definition) is 1. The summed E-state index contributed by atoms with van der Waals surface area (Å²) in [4.78, 5) is 2.35. The minimum absolute atomic E-state index is 0.385. The molecule has 0 spiro atoms. The van der Waals surface area contributed by atoms with E-state index >= 15 is 0 Å². The van der Waals surface area contributed by atoms with Crippen molar-refractivity contribution in [3.05, 3.63) is 34.9 Å². The first-order chi connectivity index (χ1) is 8.97. The van der Waals surface area contributed by atoms with E-state index in [1.165, 1.54) is 17.5 Å². The van der Waals surface area contributed by atoms with Gasteiger partial charge in [0.2, 0.25) is 0 Å². The van der Waals surface area contributed by atoms with E-state index in [2.05, 4.69) is 57.7 Å². The molecule has 1 rings (SSSR count). The molecule has 19 heavy (non-hydrogen) atoms. The van der Waals surface area contributed by atoms with Crippen molar-refractivity contribution in [1.29, 1.82) is 0 Å². The molecule has 0 aliphatic rings. The second-order valence-electron chi connectivity index (χ2n) is 5.74. The molecule has 0 radical (unpaired) electrons. The Morgan fingerprint density at radius 3 is 2.37 bits per heavy atom. The van der Waals surface area contributed by atoms with E-state index in [9.17, 15) is 5.11 Å². The van der Waals surface area contributed by atoms with Gasteiger partial charge >= 0.3 is 0 Å². The third kappa shape index (κ3) is 4.96. The number of rotatable bonds is 7. The highest BCUT2D eigenvalue weighted by atomic mass is 16.3. The summed E-state index contributed by atoms with van der Waals surface area (Å²) in [5.41, 5.74) is 3.50. The lowest BCUT2D eigenvalue weighted by atomic mass is 10.0. The summed E-state index contributed by atoms with van der Waals surface area (Å²) < 4.78 is 0. The van der Waals surface area contributed by atoms with Crippen molar-refractivity contribution >= 4 is 0 Å². The van der Waals surface area contributed by atoms with E-state index in [1.807, 2.05) is 0 Å². The first-order valence-electron chi connectivity index (χ1n) is 7.45. The SMILES string of the molecule is CCC(C)CN(CC)CC(O)c1ccc(C)cc1C. The fourth-order valence-corrected chi connectivity index (χ4v) is 2.45. The molecule has 2 unspecified atom stereocenters. The van der Waals surface area contributed by atoms with Gasteiger partial charge in [0.15, 0.2) is 0 Å². The van der Waals surface area contributed by atoms with Crippen LogP contribution in [0.25, 0.3) is 0 Å². The predicted octanol–water partition coefficient (Wildman–Crippen LogP) is 3.70. The van der Waals surface area contributed by atoms with Crippen LogP contribution in [-0.4, -0.2) is 29.6 Å². The van der Waals surface area contributed by atoms with Crippen LogP contribution in [0.1, 0.15) is 50.0 Å². The van der Waals surface area contributed by atoms with Gasteiger partial charge in [0, 0.05) is 13.1 Å². The van der Waals surface area contributed by atoms with E-state index < -0.39 is 0 Å². The molecule has 0 saturated carbocycles. The molecule has 0 aliphatic carbocycles. The zero-order chi connectivity index (χ0) is 14.4. The Morgan fingerprint density at radius 1 is 1.16 bits per heavy atom. The summed E-state index contributed by atoms with van der Waals surface area (Å²) in [5.74, 6) is 0.686. The molecule has 1 aromatic rings. The van der Waals surface area contributed by atoms with Crippen molar-refractivity contribution in [3.63, 3.8) is 0 Å². The van der Waals surface area contributed by atoms with Crippen LogP contribution in [0.3, 0.4) is 0 Å². The molecule has 1 aromatic carbocycles. The fraction of sp³-hybridized carbons (Fsp3) is 0.647. The molecule has 2 nitrogen and oxygen atoms in total. The van der Waals surface area contributed by atoms with Crippen molar-refractivity contribution in [2.45, 2.75) is 47.1 Å². The summed E-state index contributed by atoms with van der Waals surface area (Å²) in [5, 5.41) is 10.4. The quantitative estimate of drug-likeness (QED) is 0.810. The van der Waals surface area contributed by atoms with Gasteiger partial charge < -0.3 is 10.0 Å². The molecule has 0 bridgehead atoms. The van der Waals surface area contributed by atoms with Gasteiger partial charge in [0.25, 0.3) is 0 Å². The third-order valence-corrected chi connectivity index (χ3v) is 3.93. The molecule has 1 N–H and O–H groups in total. The van der Waals surface area contributed by atoms with Crippen LogP contribution in [0.5, 0.6) is 0 Å². The number of likely N-dealkylation sites (N-methyl/N-ethyl adjacent to an activating group) is 1. The maximum atomic E-state index is 10.4. The molecule has 0 fully saturated rings. The number of nitrogens with zero attached hydrogens (tertiary/aromatic N) is 1. The number of benzene rings is 1. The average molecular weight is 263 g/mol. The molecule has 2 heteroatoms. The third-order valence-electron chi connectivity index (χ3n) is 3.93. The minimum atomic E-state index is -0.385. The summed E-state index contributed by atoms with van der Waals surface area (Å²) in [6, 6.07) is 6.28. The lowest BCUT2D eigenvalue weighted by Gasteiger charge is -2.27. The van der Waals surface area contributed by atoms with E-state index in [0.29, 0.717) is 5.92 Å². The van der Waals surface area contributed by atoms with Gasteiger partial charge in [-0.2, -0.15) is 0 Å². The highest BCUT2D eigenvalue weighted by Crippen LogP contribution is 2.20. The highest BCUT2D eigenvalue weighted by molar-refractivity contribution is 5.32. The van der Waals surface area contributed by atoms with Crippen LogP contribution in [0.15, 0.2) is 18.2 Å². The van der Waals surface area contributed by atoms with Crippen molar-refractivity contribution < 1.29 is 5.11 Å². The Hall–Kier alpha value is -0.860. The molecule has 108 valence electrons. The highest BCUT2D eigenvalue weighted by Gasteiger charge is 2.15. The lowest BCUT2D eigenvalue weighted by Crippen LogP contribution is -2.32. The molecule has 0 aromatic heterocycles. The molecule has 0 amide bonds. The van der Waals surface area contributed by atoms with Gasteiger partial charge in [-0.05, 0) is 37.4 Å². The number of hydrogen-bond acceptors (Lipinski definition) is 2. The number of aliphatic hydroxyl groups excluding tert-OH is 1. The Kier molecular flexibility index (Phi) is 6.53. The maximum absolute atomic E-state index is 10.4. The molecule has 2 atom stereocenters. The summed E-state index contributed by atoms with van der Waals surface area (Å²) in [6.07, 6.45) is 0.806. The standard InChI is InChI=1S/C17H29NO/c1-6-13(3)11-18(7-2)12-17(19)16-9-8-14(4)10-15(16)5/h8-10,13,17,19H,6-7,11-12H2,1-5H3. The Bertz CT molecular complexity index is 389. The van der Waals surface area contributed by atoms with Crippen molar-refractivity contribution in [2.75, 3.05) is 19.6 Å². The minimum Gasteiger partial charge on any atom is -0.387 e. The van der Waals surface area contributed by atoms with Crippen LogP contribution in [0.2, 0.25) is 0 Å². The first kappa shape index (κ1) is 16.2. The summed E-state index contributed by atoms with van der Waals surface area (Å²) in [7, 11) is 0. The summed E-state index contributed by atoms with van der Waals surface area (Å²) in [6.45, 7) is 13.6. The van der Waals surface area contributed by atoms with Crippen molar-refractivity contribution in [2.24, 2.45) is 5.92 Å². The van der Waals surface area contributed by atoms with E-state index in [1.54, 1.807) is 0 Å². The van der Waals surface area contributed by atoms with E-state index in [4.69, 9.17) is 0 Å². The van der Waals surface area contributed by atoms with E-state index in [-0.39, 0.29) is 6.10 Å². The Balaban J connectivity index is 2.68. The van der Waals surface area contributed by atoms with Crippen molar-refractivity contribution in [1.82, 2.24) is 4.90 Å². The summed E-state index contributed by atoms with van der Waals surface area (Å²) >= 11 is 0. The zero-order valence-corrected chi connectivity index (χ0v) is 13.1. The fourth-order valence-electron chi connectivity index (χ4n) is 2.45. The van der Waals surface area contributed by atoms with Crippen LogP contribution >= 0.6 is 0 Å². The topological polar surface area (TPSA) is 23.5 Å². The molecule has 0 aliphatic heterocycles. The average Bonchev–Trinajstić information content (AvgIpc) is 2.37. The van der Waals surface area contributed by atoms with Crippen LogP contribution in [-0.2, 0) is 0 Å². The second-order valence-corrected chi connectivity index (χ2v) is 5.74. The van der Waals surface area contributed by atoms with Gasteiger partial charge in [0.1, 0.15) is 0 Å². The molecule has 0 saturated heterocycles. The largest absolute Gasteiger partial charge is 0.387 e. The smallest absolute Gasteiger partial charge is 0.0919 e. The van der Waals surface area contributed by atoms with Gasteiger partial charge in [-0.1, -0.05) is 51.0 Å². The predicted molar refractivity (Wildman–Crippen MR) is 82.4 cm³/mol. The van der Waals surface area contributed by atoms with Crippen LogP contribution < -0.4 is 0 Å². The molecular formula is C17H29NO.